The predicted octanol–water partition coefficient (Wildman–Crippen LogP) is 3.62. The number of benzene rings is 1. The summed E-state index contributed by atoms with van der Waals surface area (Å²) in [5.74, 6) is 1.60. The molecule has 0 fully saturated rings. The van der Waals surface area contributed by atoms with Gasteiger partial charge in [0.05, 0.1) is 13.7 Å². The number of ether oxygens (including phenoxy) is 2. The summed E-state index contributed by atoms with van der Waals surface area (Å²) in [6.45, 7) is 12.4. The summed E-state index contributed by atoms with van der Waals surface area (Å²) in [7, 11) is 1.67. The van der Waals surface area contributed by atoms with E-state index in [9.17, 15) is 0 Å². The molecule has 0 saturated carbocycles. The fraction of sp³-hybridized carbons (Fsp3) is 0.625. The highest BCUT2D eigenvalue weighted by Crippen LogP contribution is 2.28. The lowest BCUT2D eigenvalue weighted by atomic mass is 9.88. The van der Waals surface area contributed by atoms with Gasteiger partial charge in [-0.2, -0.15) is 0 Å². The highest BCUT2D eigenvalue weighted by molar-refractivity contribution is 5.42. The Morgan fingerprint density at radius 3 is 2.42 bits per heavy atom. The molecule has 0 amide bonds. The van der Waals surface area contributed by atoms with Crippen molar-refractivity contribution in [2.75, 3.05) is 13.7 Å². The van der Waals surface area contributed by atoms with Gasteiger partial charge in [0.2, 0.25) is 0 Å². The quantitative estimate of drug-likeness (QED) is 0.852. The summed E-state index contributed by atoms with van der Waals surface area (Å²) in [5.41, 5.74) is 1.46. The highest BCUT2D eigenvalue weighted by atomic mass is 16.5. The van der Waals surface area contributed by atoms with Crippen molar-refractivity contribution in [3.05, 3.63) is 23.8 Å². The van der Waals surface area contributed by atoms with Crippen LogP contribution >= 0.6 is 0 Å². The van der Waals surface area contributed by atoms with E-state index in [1.54, 1.807) is 7.11 Å². The van der Waals surface area contributed by atoms with Crippen LogP contribution in [0.15, 0.2) is 18.2 Å². The second-order valence-electron chi connectivity index (χ2n) is 5.89. The van der Waals surface area contributed by atoms with E-state index < -0.39 is 0 Å². The van der Waals surface area contributed by atoms with Gasteiger partial charge in [-0.3, -0.25) is 0 Å². The zero-order valence-corrected chi connectivity index (χ0v) is 13.0. The number of hydrogen-bond donors (Lipinski definition) is 1. The summed E-state index contributed by atoms with van der Waals surface area (Å²) in [5, 5.41) is 3.55. The average Bonchev–Trinajstić information content (AvgIpc) is 2.36. The standard InChI is InChI=1S/C16H27NO2/c1-7-19-14-9-8-13(10-15(14)18-6)11-17-12(2)16(3,4)5/h8-10,12,17H,7,11H2,1-6H3. The maximum Gasteiger partial charge on any atom is 0.161 e. The first kappa shape index (κ1) is 15.8. The molecule has 0 aliphatic rings. The van der Waals surface area contributed by atoms with E-state index >= 15 is 0 Å². The normalized spacial score (nSPS) is 13.2. The van der Waals surface area contributed by atoms with Gasteiger partial charge in [0.25, 0.3) is 0 Å². The minimum atomic E-state index is 0.259. The van der Waals surface area contributed by atoms with E-state index in [-0.39, 0.29) is 5.41 Å². The monoisotopic (exact) mass is 265 g/mol. The minimum absolute atomic E-state index is 0.259. The third-order valence-corrected chi connectivity index (χ3v) is 3.44. The Balaban J connectivity index is 2.70. The Morgan fingerprint density at radius 2 is 1.89 bits per heavy atom. The molecule has 19 heavy (non-hydrogen) atoms. The van der Waals surface area contributed by atoms with E-state index in [0.29, 0.717) is 12.6 Å². The molecule has 1 aromatic carbocycles. The van der Waals surface area contributed by atoms with E-state index in [4.69, 9.17) is 9.47 Å². The first-order chi connectivity index (χ1) is 8.88. The van der Waals surface area contributed by atoms with Crippen molar-refractivity contribution >= 4 is 0 Å². The summed E-state index contributed by atoms with van der Waals surface area (Å²) in [6, 6.07) is 6.54. The zero-order chi connectivity index (χ0) is 14.5. The Hall–Kier alpha value is -1.22. The van der Waals surface area contributed by atoms with Crippen molar-refractivity contribution in [2.24, 2.45) is 5.41 Å². The average molecular weight is 265 g/mol. The molecule has 0 radical (unpaired) electrons. The van der Waals surface area contributed by atoms with E-state index in [1.165, 1.54) is 5.56 Å². The van der Waals surface area contributed by atoms with Gasteiger partial charge in [-0.1, -0.05) is 26.8 Å². The highest BCUT2D eigenvalue weighted by Gasteiger charge is 2.19. The summed E-state index contributed by atoms with van der Waals surface area (Å²) < 4.78 is 10.9. The maximum absolute atomic E-state index is 5.52. The van der Waals surface area contributed by atoms with Crippen LogP contribution in [0.5, 0.6) is 11.5 Å². The van der Waals surface area contributed by atoms with E-state index in [2.05, 4.69) is 39.1 Å². The lowest BCUT2D eigenvalue weighted by Crippen LogP contribution is -2.37. The van der Waals surface area contributed by atoms with Crippen LogP contribution in [-0.2, 0) is 6.54 Å². The molecule has 0 aliphatic heterocycles. The van der Waals surface area contributed by atoms with Crippen molar-refractivity contribution in [1.82, 2.24) is 5.32 Å². The van der Waals surface area contributed by atoms with Gasteiger partial charge >= 0.3 is 0 Å². The van der Waals surface area contributed by atoms with Gasteiger partial charge in [-0.25, -0.2) is 0 Å². The number of rotatable bonds is 6. The van der Waals surface area contributed by atoms with Crippen molar-refractivity contribution < 1.29 is 9.47 Å². The molecule has 1 N–H and O–H groups in total. The molecule has 1 atom stereocenters. The Labute approximate surface area is 117 Å². The molecular weight excluding hydrogens is 238 g/mol. The van der Waals surface area contributed by atoms with Gasteiger partial charge in [-0.15, -0.1) is 0 Å². The maximum atomic E-state index is 5.52. The molecule has 0 heterocycles. The minimum Gasteiger partial charge on any atom is -0.493 e. The second-order valence-corrected chi connectivity index (χ2v) is 5.89. The van der Waals surface area contributed by atoms with Crippen molar-refractivity contribution in [2.45, 2.75) is 47.2 Å². The Bertz CT molecular complexity index is 396. The first-order valence-corrected chi connectivity index (χ1v) is 6.91. The van der Waals surface area contributed by atoms with Crippen LogP contribution in [0.4, 0.5) is 0 Å². The van der Waals surface area contributed by atoms with Gasteiger partial charge in [0, 0.05) is 12.6 Å². The third-order valence-electron chi connectivity index (χ3n) is 3.44. The first-order valence-electron chi connectivity index (χ1n) is 6.91. The summed E-state index contributed by atoms with van der Waals surface area (Å²) in [4.78, 5) is 0. The molecular formula is C16H27NO2. The molecule has 0 aromatic heterocycles. The molecule has 3 heteroatoms. The van der Waals surface area contributed by atoms with Crippen LogP contribution in [0.2, 0.25) is 0 Å². The van der Waals surface area contributed by atoms with Crippen molar-refractivity contribution in [3.8, 4) is 11.5 Å². The van der Waals surface area contributed by atoms with E-state index in [0.717, 1.165) is 18.0 Å². The molecule has 1 unspecified atom stereocenters. The van der Waals surface area contributed by atoms with Gasteiger partial charge in [-0.05, 0) is 37.0 Å². The molecule has 1 aromatic rings. The van der Waals surface area contributed by atoms with Crippen molar-refractivity contribution in [3.63, 3.8) is 0 Å². The second kappa shape index (κ2) is 6.80. The molecule has 3 nitrogen and oxygen atoms in total. The molecule has 1 rings (SSSR count). The number of methoxy groups -OCH3 is 1. The SMILES string of the molecule is CCOc1ccc(CNC(C)C(C)(C)C)cc1OC. The fourth-order valence-electron chi connectivity index (χ4n) is 1.67. The van der Waals surface area contributed by atoms with Crippen LogP contribution in [0.3, 0.4) is 0 Å². The number of nitrogens with one attached hydrogen (secondary N) is 1. The molecule has 0 spiro atoms. The molecule has 0 bridgehead atoms. The predicted molar refractivity (Wildman–Crippen MR) is 79.9 cm³/mol. The largest absolute Gasteiger partial charge is 0.493 e. The third kappa shape index (κ3) is 4.75. The van der Waals surface area contributed by atoms with Crippen LogP contribution in [0.25, 0.3) is 0 Å². The van der Waals surface area contributed by atoms with Gasteiger partial charge in [0.1, 0.15) is 0 Å². The smallest absolute Gasteiger partial charge is 0.161 e. The summed E-state index contributed by atoms with van der Waals surface area (Å²) in [6.07, 6.45) is 0. The van der Waals surface area contributed by atoms with Crippen LogP contribution < -0.4 is 14.8 Å². The van der Waals surface area contributed by atoms with Crippen molar-refractivity contribution in [1.29, 1.82) is 0 Å². The fourth-order valence-corrected chi connectivity index (χ4v) is 1.67. The lowest BCUT2D eigenvalue weighted by molar-refractivity contribution is 0.284. The van der Waals surface area contributed by atoms with Crippen LogP contribution in [0.1, 0.15) is 40.2 Å². The van der Waals surface area contributed by atoms with Crippen LogP contribution in [-0.4, -0.2) is 19.8 Å². The topological polar surface area (TPSA) is 30.5 Å². The molecule has 0 saturated heterocycles. The van der Waals surface area contributed by atoms with Gasteiger partial charge < -0.3 is 14.8 Å². The Kier molecular flexibility index (Phi) is 5.67. The van der Waals surface area contributed by atoms with Crippen LogP contribution in [0, 0.1) is 5.41 Å². The number of hydrogen-bond acceptors (Lipinski definition) is 3. The van der Waals surface area contributed by atoms with E-state index in [1.807, 2.05) is 19.1 Å². The zero-order valence-electron chi connectivity index (χ0n) is 13.0. The Morgan fingerprint density at radius 1 is 1.21 bits per heavy atom. The van der Waals surface area contributed by atoms with Gasteiger partial charge in [0.15, 0.2) is 11.5 Å². The molecule has 0 aliphatic carbocycles. The summed E-state index contributed by atoms with van der Waals surface area (Å²) >= 11 is 0. The lowest BCUT2D eigenvalue weighted by Gasteiger charge is -2.28. The molecule has 108 valence electrons.